The van der Waals surface area contributed by atoms with Crippen LogP contribution >= 0.6 is 0 Å². The number of aromatic nitrogens is 3. The van der Waals surface area contributed by atoms with Gasteiger partial charge in [0.25, 0.3) is 0 Å². The van der Waals surface area contributed by atoms with E-state index in [0.29, 0.717) is 23.0 Å². The minimum Gasteiger partial charge on any atom is -0.507 e. The predicted octanol–water partition coefficient (Wildman–Crippen LogP) is 4.89. The summed E-state index contributed by atoms with van der Waals surface area (Å²) in [7, 11) is 0. The van der Waals surface area contributed by atoms with Gasteiger partial charge in [-0.1, -0.05) is 66.7 Å². The van der Waals surface area contributed by atoms with Gasteiger partial charge in [0.1, 0.15) is 5.75 Å². The Kier molecular flexibility index (Phi) is 4.15. The first-order valence-corrected chi connectivity index (χ1v) is 8.38. The van der Waals surface area contributed by atoms with E-state index in [2.05, 4.69) is 15.0 Å². The van der Waals surface area contributed by atoms with Crippen LogP contribution in [0.4, 0.5) is 0 Å². The number of hydrogen-bond donors (Lipinski definition) is 1. The molecule has 0 saturated carbocycles. The van der Waals surface area contributed by atoms with E-state index in [1.807, 2.05) is 67.6 Å². The largest absolute Gasteiger partial charge is 0.507 e. The maximum Gasteiger partial charge on any atom is 0.167 e. The third kappa shape index (κ3) is 3.05. The first-order valence-electron chi connectivity index (χ1n) is 8.38. The Balaban J connectivity index is 1.97. The lowest BCUT2D eigenvalue weighted by Gasteiger charge is -2.10. The molecule has 4 aromatic rings. The van der Waals surface area contributed by atoms with E-state index in [4.69, 9.17) is 0 Å². The fourth-order valence-electron chi connectivity index (χ4n) is 2.82. The van der Waals surface area contributed by atoms with Crippen LogP contribution in [0.2, 0.25) is 0 Å². The zero-order chi connectivity index (χ0) is 17.9. The first kappa shape index (κ1) is 16.0. The lowest BCUT2D eigenvalue weighted by molar-refractivity contribution is 0.477. The fourth-order valence-corrected chi connectivity index (χ4v) is 2.82. The van der Waals surface area contributed by atoms with Crippen molar-refractivity contribution in [3.63, 3.8) is 0 Å². The van der Waals surface area contributed by atoms with Crippen molar-refractivity contribution in [1.29, 1.82) is 0 Å². The standard InChI is InChI=1S/C22H17N3O/c1-15-9-5-6-12-17(15)21-23-20(16-10-3-2-4-11-16)24-22(25-21)18-13-7-8-14-19(18)26/h2-14,26H,1H3. The summed E-state index contributed by atoms with van der Waals surface area (Å²) in [5, 5.41) is 10.2. The molecule has 0 saturated heterocycles. The number of aryl methyl sites for hydroxylation is 1. The zero-order valence-corrected chi connectivity index (χ0v) is 14.3. The van der Waals surface area contributed by atoms with Crippen LogP contribution < -0.4 is 0 Å². The molecule has 0 atom stereocenters. The molecule has 4 heteroatoms. The Labute approximate surface area is 151 Å². The van der Waals surface area contributed by atoms with Crippen LogP contribution in [-0.4, -0.2) is 20.1 Å². The molecule has 0 fully saturated rings. The maximum atomic E-state index is 10.2. The van der Waals surface area contributed by atoms with E-state index in [9.17, 15) is 5.11 Å². The van der Waals surface area contributed by atoms with Crippen LogP contribution in [0.25, 0.3) is 34.2 Å². The molecule has 0 bridgehead atoms. The fraction of sp³-hybridized carbons (Fsp3) is 0.0455. The third-order valence-corrected chi connectivity index (χ3v) is 4.20. The van der Waals surface area contributed by atoms with E-state index < -0.39 is 0 Å². The van der Waals surface area contributed by atoms with Gasteiger partial charge in [0.2, 0.25) is 0 Å². The third-order valence-electron chi connectivity index (χ3n) is 4.20. The highest BCUT2D eigenvalue weighted by molar-refractivity contribution is 5.70. The van der Waals surface area contributed by atoms with Gasteiger partial charge in [-0.2, -0.15) is 0 Å². The maximum absolute atomic E-state index is 10.2. The van der Waals surface area contributed by atoms with Crippen LogP contribution in [-0.2, 0) is 0 Å². The van der Waals surface area contributed by atoms with Crippen LogP contribution in [0.15, 0.2) is 78.9 Å². The van der Waals surface area contributed by atoms with Gasteiger partial charge in [0.15, 0.2) is 17.5 Å². The number of benzene rings is 3. The second-order valence-corrected chi connectivity index (χ2v) is 6.00. The predicted molar refractivity (Wildman–Crippen MR) is 103 cm³/mol. The Bertz CT molecular complexity index is 998. The molecule has 0 aliphatic rings. The van der Waals surface area contributed by atoms with Crippen molar-refractivity contribution in [2.45, 2.75) is 6.92 Å². The van der Waals surface area contributed by atoms with Crippen molar-refractivity contribution >= 4 is 0 Å². The van der Waals surface area contributed by atoms with Crippen LogP contribution in [0.3, 0.4) is 0 Å². The molecule has 1 aromatic heterocycles. The lowest BCUT2D eigenvalue weighted by atomic mass is 10.1. The molecule has 0 unspecified atom stereocenters. The van der Waals surface area contributed by atoms with Gasteiger partial charge in [-0.25, -0.2) is 15.0 Å². The smallest absolute Gasteiger partial charge is 0.167 e. The van der Waals surface area contributed by atoms with E-state index >= 15 is 0 Å². The van der Waals surface area contributed by atoms with Crippen molar-refractivity contribution in [2.24, 2.45) is 0 Å². The van der Waals surface area contributed by atoms with Gasteiger partial charge in [0.05, 0.1) is 5.56 Å². The Morgan fingerprint density at radius 1 is 0.577 bits per heavy atom. The molecule has 0 amide bonds. The highest BCUT2D eigenvalue weighted by Crippen LogP contribution is 2.30. The van der Waals surface area contributed by atoms with Gasteiger partial charge in [-0.05, 0) is 24.6 Å². The molecule has 1 heterocycles. The molecule has 126 valence electrons. The normalized spacial score (nSPS) is 10.7. The number of hydrogen-bond acceptors (Lipinski definition) is 4. The molecule has 3 aromatic carbocycles. The highest BCUT2D eigenvalue weighted by atomic mass is 16.3. The van der Waals surface area contributed by atoms with Crippen molar-refractivity contribution in [3.8, 4) is 39.9 Å². The number of rotatable bonds is 3. The second-order valence-electron chi connectivity index (χ2n) is 6.00. The molecular weight excluding hydrogens is 322 g/mol. The average molecular weight is 339 g/mol. The van der Waals surface area contributed by atoms with E-state index in [-0.39, 0.29) is 5.75 Å². The summed E-state index contributed by atoms with van der Waals surface area (Å²) in [4.78, 5) is 13.9. The molecule has 0 aliphatic carbocycles. The van der Waals surface area contributed by atoms with Crippen molar-refractivity contribution < 1.29 is 5.11 Å². The summed E-state index contributed by atoms with van der Waals surface area (Å²) in [6.45, 7) is 2.03. The van der Waals surface area contributed by atoms with E-state index in [1.165, 1.54) is 0 Å². The van der Waals surface area contributed by atoms with Gasteiger partial charge in [-0.3, -0.25) is 0 Å². The SMILES string of the molecule is Cc1ccccc1-c1nc(-c2ccccc2)nc(-c2ccccc2O)n1. The Morgan fingerprint density at radius 3 is 1.81 bits per heavy atom. The monoisotopic (exact) mass is 339 g/mol. The Morgan fingerprint density at radius 2 is 1.12 bits per heavy atom. The number of phenolic OH excluding ortho intramolecular Hbond substituents is 1. The molecule has 0 radical (unpaired) electrons. The van der Waals surface area contributed by atoms with Gasteiger partial charge < -0.3 is 5.11 Å². The minimum atomic E-state index is 0.147. The summed E-state index contributed by atoms with van der Waals surface area (Å²) < 4.78 is 0. The van der Waals surface area contributed by atoms with Crippen molar-refractivity contribution in [3.05, 3.63) is 84.4 Å². The van der Waals surface area contributed by atoms with Crippen LogP contribution in [0.5, 0.6) is 5.75 Å². The van der Waals surface area contributed by atoms with E-state index in [0.717, 1.165) is 16.7 Å². The quantitative estimate of drug-likeness (QED) is 0.577. The average Bonchev–Trinajstić information content (AvgIpc) is 2.69. The number of nitrogens with zero attached hydrogens (tertiary/aromatic N) is 3. The summed E-state index contributed by atoms with van der Waals surface area (Å²) in [5.74, 6) is 1.77. The minimum absolute atomic E-state index is 0.147. The summed E-state index contributed by atoms with van der Waals surface area (Å²) >= 11 is 0. The van der Waals surface area contributed by atoms with Crippen molar-refractivity contribution in [2.75, 3.05) is 0 Å². The number of aromatic hydroxyl groups is 1. The molecule has 1 N–H and O–H groups in total. The lowest BCUT2D eigenvalue weighted by Crippen LogP contribution is -2.01. The van der Waals surface area contributed by atoms with Crippen LogP contribution in [0, 0.1) is 6.92 Å². The first-order chi connectivity index (χ1) is 12.7. The highest BCUT2D eigenvalue weighted by Gasteiger charge is 2.14. The molecule has 4 nitrogen and oxygen atoms in total. The number of para-hydroxylation sites is 1. The van der Waals surface area contributed by atoms with Crippen molar-refractivity contribution in [1.82, 2.24) is 15.0 Å². The van der Waals surface area contributed by atoms with Gasteiger partial charge >= 0.3 is 0 Å². The van der Waals surface area contributed by atoms with Gasteiger partial charge in [-0.15, -0.1) is 0 Å². The summed E-state index contributed by atoms with van der Waals surface area (Å²) in [5.41, 5.74) is 3.52. The Hall–Kier alpha value is -3.53. The summed E-state index contributed by atoms with van der Waals surface area (Å²) in [6.07, 6.45) is 0. The topological polar surface area (TPSA) is 58.9 Å². The molecule has 0 spiro atoms. The zero-order valence-electron chi connectivity index (χ0n) is 14.3. The number of phenols is 1. The van der Waals surface area contributed by atoms with Gasteiger partial charge in [0, 0.05) is 11.1 Å². The van der Waals surface area contributed by atoms with Crippen LogP contribution in [0.1, 0.15) is 5.56 Å². The molecular formula is C22H17N3O. The molecule has 26 heavy (non-hydrogen) atoms. The van der Waals surface area contributed by atoms with E-state index in [1.54, 1.807) is 18.2 Å². The summed E-state index contributed by atoms with van der Waals surface area (Å²) in [6, 6.07) is 24.8. The molecule has 4 rings (SSSR count). The molecule has 0 aliphatic heterocycles. The second kappa shape index (κ2) is 6.76.